The summed E-state index contributed by atoms with van der Waals surface area (Å²) in [5, 5.41) is 9.28. The fraction of sp³-hybridized carbons (Fsp3) is 0.355. The zero-order valence-electron chi connectivity index (χ0n) is 22.7. The maximum Gasteiger partial charge on any atom is 0.409 e. The van der Waals surface area contributed by atoms with Crippen LogP contribution in [0, 0.1) is 5.82 Å². The molecule has 1 unspecified atom stereocenters. The fourth-order valence-electron chi connectivity index (χ4n) is 3.86. The van der Waals surface area contributed by atoms with Gasteiger partial charge in [0.2, 0.25) is 0 Å². The first kappa shape index (κ1) is 30.6. The van der Waals surface area contributed by atoms with E-state index in [4.69, 9.17) is 18.9 Å². The van der Waals surface area contributed by atoms with E-state index in [0.29, 0.717) is 31.9 Å². The molecule has 0 aromatic heterocycles. The zero-order valence-corrected chi connectivity index (χ0v) is 22.7. The monoisotopic (exact) mass is 553 g/mol. The molecule has 1 atom stereocenters. The SMILES string of the molecule is CCOC(Cc1ccc(OCCN(CCOCc2ccc(F)cc2)C(=O)OCCc2ccccc2)cc1)C(=O)O. The predicted octanol–water partition coefficient (Wildman–Crippen LogP) is 5.13. The lowest BCUT2D eigenvalue weighted by atomic mass is 10.1. The Balaban J connectivity index is 1.49. The molecule has 0 aliphatic carbocycles. The number of hydrogen-bond donors (Lipinski definition) is 1. The molecule has 3 rings (SSSR count). The second-order valence-corrected chi connectivity index (χ2v) is 8.99. The first-order chi connectivity index (χ1) is 19.4. The Bertz CT molecular complexity index is 1160. The highest BCUT2D eigenvalue weighted by Crippen LogP contribution is 2.15. The lowest BCUT2D eigenvalue weighted by molar-refractivity contribution is -0.149. The Labute approximate surface area is 234 Å². The van der Waals surface area contributed by atoms with Gasteiger partial charge in [0.25, 0.3) is 0 Å². The molecule has 8 nitrogen and oxygen atoms in total. The van der Waals surface area contributed by atoms with Gasteiger partial charge < -0.3 is 29.0 Å². The average molecular weight is 554 g/mol. The summed E-state index contributed by atoms with van der Waals surface area (Å²) in [5.74, 6) is -0.714. The van der Waals surface area contributed by atoms with Gasteiger partial charge in [-0.3, -0.25) is 0 Å². The predicted molar refractivity (Wildman–Crippen MR) is 148 cm³/mol. The van der Waals surface area contributed by atoms with Crippen molar-refractivity contribution in [1.82, 2.24) is 4.90 Å². The Morgan fingerprint density at radius 1 is 0.850 bits per heavy atom. The van der Waals surface area contributed by atoms with Gasteiger partial charge in [-0.2, -0.15) is 0 Å². The van der Waals surface area contributed by atoms with Crippen molar-refractivity contribution in [3.05, 3.63) is 101 Å². The number of rotatable bonds is 17. The molecular formula is C31H36FNO7. The van der Waals surface area contributed by atoms with Crippen molar-refractivity contribution < 1.29 is 38.0 Å². The van der Waals surface area contributed by atoms with E-state index in [1.807, 2.05) is 30.3 Å². The number of carbonyl (C=O) groups excluding carboxylic acids is 1. The topological polar surface area (TPSA) is 94.5 Å². The average Bonchev–Trinajstić information content (AvgIpc) is 2.96. The van der Waals surface area contributed by atoms with Crippen molar-refractivity contribution in [2.45, 2.75) is 32.5 Å². The van der Waals surface area contributed by atoms with Crippen molar-refractivity contribution in [1.29, 1.82) is 0 Å². The van der Waals surface area contributed by atoms with Crippen LogP contribution in [0.15, 0.2) is 78.9 Å². The zero-order chi connectivity index (χ0) is 28.6. The summed E-state index contributed by atoms with van der Waals surface area (Å²) < 4.78 is 35.4. The van der Waals surface area contributed by atoms with Crippen LogP contribution >= 0.6 is 0 Å². The Kier molecular flexibility index (Phi) is 12.9. The number of carboxylic acids is 1. The molecule has 214 valence electrons. The highest BCUT2D eigenvalue weighted by molar-refractivity contribution is 5.72. The lowest BCUT2D eigenvalue weighted by Crippen LogP contribution is -2.38. The smallest absolute Gasteiger partial charge is 0.409 e. The minimum atomic E-state index is -1.00. The molecule has 0 bridgehead atoms. The van der Waals surface area contributed by atoms with Gasteiger partial charge in [0.05, 0.1) is 26.4 Å². The normalized spacial score (nSPS) is 11.6. The second kappa shape index (κ2) is 16.9. The summed E-state index contributed by atoms with van der Waals surface area (Å²) in [4.78, 5) is 25.7. The van der Waals surface area contributed by atoms with E-state index >= 15 is 0 Å². The molecule has 0 heterocycles. The number of hydrogen-bond acceptors (Lipinski definition) is 6. The quantitative estimate of drug-likeness (QED) is 0.232. The number of amides is 1. The minimum absolute atomic E-state index is 0.224. The van der Waals surface area contributed by atoms with Crippen molar-refractivity contribution in [3.8, 4) is 5.75 Å². The minimum Gasteiger partial charge on any atom is -0.492 e. The van der Waals surface area contributed by atoms with Gasteiger partial charge >= 0.3 is 12.1 Å². The molecule has 0 aliphatic heterocycles. The fourth-order valence-corrected chi connectivity index (χ4v) is 3.86. The molecule has 9 heteroatoms. The summed E-state index contributed by atoms with van der Waals surface area (Å²) in [6, 6.07) is 22.9. The third-order valence-electron chi connectivity index (χ3n) is 6.02. The van der Waals surface area contributed by atoms with Crippen LogP contribution in [0.1, 0.15) is 23.6 Å². The Morgan fingerprint density at radius 3 is 2.20 bits per heavy atom. The number of ether oxygens (including phenoxy) is 4. The van der Waals surface area contributed by atoms with Crippen molar-refractivity contribution in [2.75, 3.05) is 39.5 Å². The third-order valence-corrected chi connectivity index (χ3v) is 6.02. The highest BCUT2D eigenvalue weighted by atomic mass is 19.1. The number of halogens is 1. The Hall–Kier alpha value is -3.95. The summed E-state index contributed by atoms with van der Waals surface area (Å²) in [5.41, 5.74) is 2.73. The van der Waals surface area contributed by atoms with Crippen LogP contribution in [0.5, 0.6) is 5.75 Å². The molecule has 3 aromatic rings. The largest absolute Gasteiger partial charge is 0.492 e. The number of nitrogens with zero attached hydrogens (tertiary/aromatic N) is 1. The van der Waals surface area contributed by atoms with Gasteiger partial charge in [0.1, 0.15) is 18.2 Å². The van der Waals surface area contributed by atoms with Gasteiger partial charge in [-0.05, 0) is 47.9 Å². The second-order valence-electron chi connectivity index (χ2n) is 8.99. The lowest BCUT2D eigenvalue weighted by Gasteiger charge is -2.22. The standard InChI is InChI=1S/C31H36FNO7/c1-2-38-29(30(34)35)22-25-10-14-28(15-11-25)39-21-18-33(17-20-37-23-26-8-12-27(32)13-9-26)31(36)40-19-16-24-6-4-3-5-7-24/h3-15,29H,2,16-23H2,1H3,(H,34,35). The van der Waals surface area contributed by atoms with Crippen LogP contribution in [0.2, 0.25) is 0 Å². The number of aliphatic carboxylic acids is 1. The van der Waals surface area contributed by atoms with Crippen molar-refractivity contribution in [2.24, 2.45) is 0 Å². The molecule has 0 fully saturated rings. The molecule has 0 aliphatic rings. The van der Waals surface area contributed by atoms with Crippen LogP contribution in [-0.2, 0) is 38.5 Å². The number of benzene rings is 3. The van der Waals surface area contributed by atoms with E-state index in [9.17, 15) is 19.1 Å². The third kappa shape index (κ3) is 11.0. The van der Waals surface area contributed by atoms with E-state index in [2.05, 4.69) is 0 Å². The summed E-state index contributed by atoms with van der Waals surface area (Å²) in [6.07, 6.45) is -0.500. The highest BCUT2D eigenvalue weighted by Gasteiger charge is 2.18. The van der Waals surface area contributed by atoms with Gasteiger partial charge in [-0.1, -0.05) is 54.6 Å². The van der Waals surface area contributed by atoms with Gasteiger partial charge in [-0.25, -0.2) is 14.0 Å². The van der Waals surface area contributed by atoms with E-state index in [0.717, 1.165) is 16.7 Å². The van der Waals surface area contributed by atoms with Crippen LogP contribution in [0.25, 0.3) is 0 Å². The van der Waals surface area contributed by atoms with E-state index in [1.54, 1.807) is 43.3 Å². The molecule has 1 N–H and O–H groups in total. The molecule has 3 aromatic carbocycles. The molecule has 0 radical (unpaired) electrons. The van der Waals surface area contributed by atoms with Gasteiger partial charge in [0.15, 0.2) is 6.10 Å². The molecule has 0 spiro atoms. The van der Waals surface area contributed by atoms with Crippen LogP contribution in [-0.4, -0.2) is 67.7 Å². The first-order valence-corrected chi connectivity index (χ1v) is 13.3. The molecule has 0 saturated heterocycles. The summed E-state index contributed by atoms with van der Waals surface area (Å²) >= 11 is 0. The Morgan fingerprint density at radius 2 is 1.52 bits per heavy atom. The van der Waals surface area contributed by atoms with Crippen molar-refractivity contribution in [3.63, 3.8) is 0 Å². The molecule has 0 saturated carbocycles. The van der Waals surface area contributed by atoms with Gasteiger partial charge in [0, 0.05) is 26.0 Å². The molecule has 1 amide bonds. The number of carbonyl (C=O) groups is 2. The van der Waals surface area contributed by atoms with Crippen LogP contribution in [0.3, 0.4) is 0 Å². The van der Waals surface area contributed by atoms with Crippen LogP contribution in [0.4, 0.5) is 9.18 Å². The maximum atomic E-state index is 13.1. The van der Waals surface area contributed by atoms with E-state index in [-0.39, 0.29) is 38.6 Å². The van der Waals surface area contributed by atoms with Crippen molar-refractivity contribution >= 4 is 12.1 Å². The molecule has 40 heavy (non-hydrogen) atoms. The maximum absolute atomic E-state index is 13.1. The number of carboxylic acid groups (broad SMARTS) is 1. The summed E-state index contributed by atoms with van der Waals surface area (Å²) in [7, 11) is 0. The molecular weight excluding hydrogens is 517 g/mol. The van der Waals surface area contributed by atoms with E-state index in [1.165, 1.54) is 17.0 Å². The van der Waals surface area contributed by atoms with Crippen LogP contribution < -0.4 is 4.74 Å². The van der Waals surface area contributed by atoms with E-state index < -0.39 is 18.2 Å². The summed E-state index contributed by atoms with van der Waals surface area (Å²) in [6.45, 7) is 3.68. The first-order valence-electron chi connectivity index (χ1n) is 13.3. The van der Waals surface area contributed by atoms with Gasteiger partial charge in [-0.15, -0.1) is 0 Å².